The molecule has 0 aliphatic carbocycles. The summed E-state index contributed by atoms with van der Waals surface area (Å²) in [6.45, 7) is 5.28. The minimum Gasteiger partial charge on any atom is -0.300 e. The summed E-state index contributed by atoms with van der Waals surface area (Å²) < 4.78 is 0.929. The van der Waals surface area contributed by atoms with E-state index in [9.17, 15) is 10.1 Å². The summed E-state index contributed by atoms with van der Waals surface area (Å²) in [7, 11) is 0. The molecule has 0 bridgehead atoms. The van der Waals surface area contributed by atoms with Crippen LogP contribution in [0.25, 0.3) is 0 Å². The van der Waals surface area contributed by atoms with E-state index in [1.54, 1.807) is 0 Å². The smallest absolute Gasteiger partial charge is 0.131 e. The van der Waals surface area contributed by atoms with Crippen molar-refractivity contribution in [1.29, 1.82) is 5.26 Å². The molecule has 2 nitrogen and oxygen atoms in total. The number of nitrogens with zero attached hydrogens (tertiary/aromatic N) is 1. The Balaban J connectivity index is 3.28. The van der Waals surface area contributed by atoms with Crippen LogP contribution in [0.1, 0.15) is 31.4 Å². The summed E-state index contributed by atoms with van der Waals surface area (Å²) in [5.74, 6) is 0.0309. The van der Waals surface area contributed by atoms with Gasteiger partial charge in [-0.15, -0.1) is 0 Å². The molecule has 0 heterocycles. The predicted molar refractivity (Wildman–Crippen MR) is 67.1 cm³/mol. The first-order chi connectivity index (χ1) is 7.39. The molecule has 1 atom stereocenters. The van der Waals surface area contributed by atoms with Gasteiger partial charge in [0.25, 0.3) is 0 Å². The van der Waals surface area contributed by atoms with Crippen molar-refractivity contribution in [3.8, 4) is 6.07 Å². The topological polar surface area (TPSA) is 40.9 Å². The third-order valence-corrected chi connectivity index (χ3v) is 3.14. The summed E-state index contributed by atoms with van der Waals surface area (Å²) in [4.78, 5) is 11.2. The van der Waals surface area contributed by atoms with E-state index in [0.717, 1.165) is 15.6 Å². The second kappa shape index (κ2) is 4.80. The largest absolute Gasteiger partial charge is 0.300 e. The molecule has 0 saturated heterocycles. The molecule has 16 heavy (non-hydrogen) atoms. The van der Waals surface area contributed by atoms with Gasteiger partial charge in [0.1, 0.15) is 5.78 Å². The molecular formula is C13H14BrNO. The highest BCUT2D eigenvalue weighted by atomic mass is 79.9. The third-order valence-electron chi connectivity index (χ3n) is 2.64. The molecule has 0 fully saturated rings. The average Bonchev–Trinajstić information content (AvgIpc) is 2.20. The molecule has 0 saturated carbocycles. The van der Waals surface area contributed by atoms with Gasteiger partial charge in [-0.1, -0.05) is 22.0 Å². The van der Waals surface area contributed by atoms with Crippen LogP contribution in [-0.2, 0) is 10.2 Å². The number of carbonyl (C=O) groups excluding carboxylic acids is 1. The van der Waals surface area contributed by atoms with Gasteiger partial charge in [-0.05, 0) is 44.0 Å². The Morgan fingerprint density at radius 3 is 2.69 bits per heavy atom. The van der Waals surface area contributed by atoms with Crippen molar-refractivity contribution in [2.75, 3.05) is 0 Å². The van der Waals surface area contributed by atoms with Gasteiger partial charge in [0, 0.05) is 10.9 Å². The van der Waals surface area contributed by atoms with Gasteiger partial charge < -0.3 is 0 Å². The van der Waals surface area contributed by atoms with Crippen molar-refractivity contribution < 1.29 is 4.79 Å². The molecule has 0 N–H and O–H groups in total. The fourth-order valence-corrected chi connectivity index (χ4v) is 2.24. The molecule has 0 aliphatic heterocycles. The van der Waals surface area contributed by atoms with E-state index >= 15 is 0 Å². The lowest BCUT2D eigenvalue weighted by molar-refractivity contribution is -0.117. The zero-order chi connectivity index (χ0) is 12.3. The lowest BCUT2D eigenvalue weighted by Crippen LogP contribution is -2.24. The van der Waals surface area contributed by atoms with Crippen LogP contribution in [0.2, 0.25) is 0 Å². The Hall–Kier alpha value is -1.14. The van der Waals surface area contributed by atoms with E-state index in [1.165, 1.54) is 6.92 Å². The number of halogens is 1. The quantitative estimate of drug-likeness (QED) is 0.850. The number of rotatable bonds is 3. The van der Waals surface area contributed by atoms with Gasteiger partial charge in [0.05, 0.1) is 11.5 Å². The molecular weight excluding hydrogens is 266 g/mol. The molecule has 1 rings (SSSR count). The molecule has 3 heteroatoms. The van der Waals surface area contributed by atoms with Crippen LogP contribution in [0.4, 0.5) is 0 Å². The zero-order valence-corrected chi connectivity index (χ0v) is 11.3. The number of benzene rings is 1. The van der Waals surface area contributed by atoms with E-state index in [4.69, 9.17) is 0 Å². The molecule has 1 aromatic rings. The average molecular weight is 280 g/mol. The molecule has 0 aromatic heterocycles. The molecule has 0 spiro atoms. The van der Waals surface area contributed by atoms with E-state index < -0.39 is 5.41 Å². The summed E-state index contributed by atoms with van der Waals surface area (Å²) >= 11 is 3.39. The van der Waals surface area contributed by atoms with Crippen LogP contribution < -0.4 is 0 Å². The second-order valence-corrected chi connectivity index (χ2v) is 5.20. The summed E-state index contributed by atoms with van der Waals surface area (Å²) in [5.41, 5.74) is 1.22. The first-order valence-electron chi connectivity index (χ1n) is 5.06. The first-order valence-corrected chi connectivity index (χ1v) is 5.85. The second-order valence-electron chi connectivity index (χ2n) is 4.28. The molecule has 0 amide bonds. The summed E-state index contributed by atoms with van der Waals surface area (Å²) in [5, 5.41) is 9.29. The number of hydrogen-bond donors (Lipinski definition) is 0. The standard InChI is InChI=1S/C13H14BrNO/c1-9-4-5-11(14)6-12(9)13(3,8-15)7-10(2)16/h4-6H,7H2,1-3H3. The van der Waals surface area contributed by atoms with Crippen LogP contribution in [0.3, 0.4) is 0 Å². The van der Waals surface area contributed by atoms with Crippen molar-refractivity contribution in [3.63, 3.8) is 0 Å². The summed E-state index contributed by atoms with van der Waals surface area (Å²) in [6, 6.07) is 8.06. The number of Topliss-reactive ketones (excluding diaryl/α,β-unsaturated/α-hetero) is 1. The number of nitriles is 1. The molecule has 1 aromatic carbocycles. The fourth-order valence-electron chi connectivity index (χ4n) is 1.88. The van der Waals surface area contributed by atoms with E-state index in [-0.39, 0.29) is 12.2 Å². The number of carbonyl (C=O) groups is 1. The molecule has 0 radical (unpaired) electrons. The molecule has 0 aliphatic rings. The van der Waals surface area contributed by atoms with Gasteiger partial charge in [-0.3, -0.25) is 4.79 Å². The van der Waals surface area contributed by atoms with Crippen molar-refractivity contribution in [1.82, 2.24) is 0 Å². The highest BCUT2D eigenvalue weighted by molar-refractivity contribution is 9.10. The first kappa shape index (κ1) is 12.9. The van der Waals surface area contributed by atoms with E-state index in [0.29, 0.717) is 0 Å². The molecule has 1 unspecified atom stereocenters. The Bertz CT molecular complexity index is 461. The number of ketones is 1. The Labute approximate surface area is 104 Å². The van der Waals surface area contributed by atoms with Gasteiger partial charge >= 0.3 is 0 Å². The van der Waals surface area contributed by atoms with Gasteiger partial charge in [0.15, 0.2) is 0 Å². The lowest BCUT2D eigenvalue weighted by Gasteiger charge is -2.23. The maximum Gasteiger partial charge on any atom is 0.131 e. The SMILES string of the molecule is CC(=O)CC(C)(C#N)c1cc(Br)ccc1C. The van der Waals surface area contributed by atoms with Gasteiger partial charge in [-0.25, -0.2) is 0 Å². The predicted octanol–water partition coefficient (Wildman–Crippen LogP) is 3.52. The Kier molecular flexibility index (Phi) is 3.88. The van der Waals surface area contributed by atoms with Gasteiger partial charge in [0.2, 0.25) is 0 Å². The maximum atomic E-state index is 11.2. The number of aryl methyl sites for hydroxylation is 1. The Morgan fingerprint density at radius 1 is 1.56 bits per heavy atom. The monoisotopic (exact) mass is 279 g/mol. The number of hydrogen-bond acceptors (Lipinski definition) is 2. The van der Waals surface area contributed by atoms with E-state index in [1.807, 2.05) is 32.0 Å². The zero-order valence-electron chi connectivity index (χ0n) is 9.67. The van der Waals surface area contributed by atoms with Crippen molar-refractivity contribution >= 4 is 21.7 Å². The minimum atomic E-state index is -0.736. The lowest BCUT2D eigenvalue weighted by atomic mass is 9.78. The van der Waals surface area contributed by atoms with Crippen LogP contribution in [-0.4, -0.2) is 5.78 Å². The maximum absolute atomic E-state index is 11.2. The van der Waals surface area contributed by atoms with Crippen LogP contribution in [0.15, 0.2) is 22.7 Å². The fraction of sp³-hybridized carbons (Fsp3) is 0.385. The summed E-state index contributed by atoms with van der Waals surface area (Å²) in [6.07, 6.45) is 0.251. The highest BCUT2D eigenvalue weighted by Gasteiger charge is 2.29. The Morgan fingerprint density at radius 2 is 2.19 bits per heavy atom. The molecule has 84 valence electrons. The van der Waals surface area contributed by atoms with Crippen molar-refractivity contribution in [2.45, 2.75) is 32.6 Å². The van der Waals surface area contributed by atoms with Crippen LogP contribution in [0, 0.1) is 18.3 Å². The third kappa shape index (κ3) is 2.70. The van der Waals surface area contributed by atoms with Gasteiger partial charge in [-0.2, -0.15) is 5.26 Å². The van der Waals surface area contributed by atoms with E-state index in [2.05, 4.69) is 22.0 Å². The normalized spacial score (nSPS) is 13.9. The minimum absolute atomic E-state index is 0.0309. The van der Waals surface area contributed by atoms with Crippen LogP contribution >= 0.6 is 15.9 Å². The van der Waals surface area contributed by atoms with Crippen LogP contribution in [0.5, 0.6) is 0 Å². The van der Waals surface area contributed by atoms with Crippen molar-refractivity contribution in [3.05, 3.63) is 33.8 Å². The van der Waals surface area contributed by atoms with Crippen molar-refractivity contribution in [2.24, 2.45) is 0 Å². The highest BCUT2D eigenvalue weighted by Crippen LogP contribution is 2.31.